The van der Waals surface area contributed by atoms with Crippen LogP contribution in [0.4, 0.5) is 10.1 Å². The van der Waals surface area contributed by atoms with Gasteiger partial charge in [0, 0.05) is 17.8 Å². The summed E-state index contributed by atoms with van der Waals surface area (Å²) in [5.74, 6) is -0.513. The molecule has 2 rings (SSSR count). The molecule has 0 aliphatic rings. The van der Waals surface area contributed by atoms with Gasteiger partial charge >= 0.3 is 0 Å². The Morgan fingerprint density at radius 3 is 2.75 bits per heavy atom. The van der Waals surface area contributed by atoms with E-state index in [0.717, 1.165) is 16.8 Å². The van der Waals surface area contributed by atoms with E-state index in [1.54, 1.807) is 13.0 Å². The number of halogens is 1. The first-order chi connectivity index (χ1) is 9.61. The van der Waals surface area contributed by atoms with E-state index in [4.69, 9.17) is 5.26 Å². The first-order valence-corrected chi connectivity index (χ1v) is 6.31. The van der Waals surface area contributed by atoms with E-state index in [-0.39, 0.29) is 5.56 Å². The number of rotatable bonds is 4. The average molecular weight is 270 g/mol. The predicted octanol–water partition coefficient (Wildman–Crippen LogP) is 3.36. The van der Waals surface area contributed by atoms with Gasteiger partial charge in [0.05, 0.1) is 11.7 Å². The molecule has 0 heterocycles. The molecule has 0 aliphatic heterocycles. The molecule has 0 saturated carbocycles. The topological polar surface area (TPSA) is 56.0 Å². The minimum atomic E-state index is -0.568. The number of nitrogens with zero attached hydrogens (tertiary/aromatic N) is 1. The zero-order chi connectivity index (χ0) is 14.5. The third-order valence-electron chi connectivity index (χ3n) is 3.05. The highest BCUT2D eigenvalue weighted by Gasteiger charge is 2.07. The molecule has 3 nitrogen and oxygen atoms in total. The maximum atomic E-state index is 13.2. The van der Waals surface area contributed by atoms with Crippen LogP contribution in [0.5, 0.6) is 0 Å². The number of nitrogens with one attached hydrogen (secondary N) is 1. The van der Waals surface area contributed by atoms with Crippen molar-refractivity contribution in [3.05, 3.63) is 65.0 Å². The third kappa shape index (κ3) is 3.14. The molecule has 0 radical (unpaired) electrons. The number of anilines is 1. The van der Waals surface area contributed by atoms with Crippen LogP contribution in [0.15, 0.2) is 42.5 Å². The van der Waals surface area contributed by atoms with E-state index < -0.39 is 11.9 Å². The molecule has 0 fully saturated rings. The maximum Gasteiger partial charge on any atom is 0.140 e. The summed E-state index contributed by atoms with van der Waals surface area (Å²) in [5, 5.41) is 21.7. The zero-order valence-electron chi connectivity index (χ0n) is 11.1. The van der Waals surface area contributed by atoms with Gasteiger partial charge < -0.3 is 10.4 Å². The normalized spacial score (nSPS) is 11.7. The molecule has 2 aromatic carbocycles. The molecule has 0 spiro atoms. The Kier molecular flexibility index (Phi) is 4.34. The monoisotopic (exact) mass is 270 g/mol. The molecule has 0 bridgehead atoms. The van der Waals surface area contributed by atoms with Gasteiger partial charge in [-0.3, -0.25) is 0 Å². The summed E-state index contributed by atoms with van der Waals surface area (Å²) in [7, 11) is 0. The van der Waals surface area contributed by atoms with Gasteiger partial charge in [-0.15, -0.1) is 0 Å². The van der Waals surface area contributed by atoms with E-state index in [0.29, 0.717) is 6.54 Å². The fourth-order valence-corrected chi connectivity index (χ4v) is 1.99. The van der Waals surface area contributed by atoms with E-state index >= 15 is 0 Å². The van der Waals surface area contributed by atoms with Gasteiger partial charge in [0.15, 0.2) is 0 Å². The van der Waals surface area contributed by atoms with E-state index in [2.05, 4.69) is 5.32 Å². The molecule has 102 valence electrons. The van der Waals surface area contributed by atoms with Crippen molar-refractivity contribution in [3.63, 3.8) is 0 Å². The number of benzene rings is 2. The molecule has 1 unspecified atom stereocenters. The molecule has 1 atom stereocenters. The van der Waals surface area contributed by atoms with Gasteiger partial charge in [0.2, 0.25) is 0 Å². The van der Waals surface area contributed by atoms with Gasteiger partial charge in [-0.05, 0) is 30.7 Å². The van der Waals surface area contributed by atoms with Crippen LogP contribution in [-0.2, 0) is 6.54 Å². The minimum Gasteiger partial charge on any atom is -0.389 e. The Hall–Kier alpha value is -2.38. The van der Waals surface area contributed by atoms with E-state index in [9.17, 15) is 9.50 Å². The van der Waals surface area contributed by atoms with Crippen LogP contribution in [0, 0.1) is 17.1 Å². The molecule has 0 aromatic heterocycles. The molecule has 0 amide bonds. The summed E-state index contributed by atoms with van der Waals surface area (Å²) in [6, 6.07) is 13.7. The zero-order valence-corrected chi connectivity index (χ0v) is 11.1. The molecular formula is C16H15FN2O. The molecule has 0 saturated heterocycles. The highest BCUT2D eigenvalue weighted by Crippen LogP contribution is 2.23. The second-order valence-corrected chi connectivity index (χ2v) is 4.54. The Morgan fingerprint density at radius 2 is 2.05 bits per heavy atom. The van der Waals surface area contributed by atoms with Crippen molar-refractivity contribution in [2.24, 2.45) is 0 Å². The van der Waals surface area contributed by atoms with Gasteiger partial charge in [-0.2, -0.15) is 5.26 Å². The van der Waals surface area contributed by atoms with E-state index in [1.165, 1.54) is 12.1 Å². The maximum absolute atomic E-state index is 13.2. The SMILES string of the molecule is CC(O)c1ccccc1NCc1ccc(F)c(C#N)c1. The molecule has 0 aliphatic carbocycles. The Bertz CT molecular complexity index is 647. The molecule has 2 N–H and O–H groups in total. The first kappa shape index (κ1) is 14.0. The van der Waals surface area contributed by atoms with Crippen molar-refractivity contribution in [2.45, 2.75) is 19.6 Å². The highest BCUT2D eigenvalue weighted by molar-refractivity contribution is 5.52. The fourth-order valence-electron chi connectivity index (χ4n) is 1.99. The second kappa shape index (κ2) is 6.18. The fraction of sp³-hybridized carbons (Fsp3) is 0.188. The molecule has 20 heavy (non-hydrogen) atoms. The van der Waals surface area contributed by atoms with Crippen molar-refractivity contribution in [1.82, 2.24) is 0 Å². The third-order valence-corrected chi connectivity index (χ3v) is 3.05. The smallest absolute Gasteiger partial charge is 0.140 e. The Balaban J connectivity index is 2.15. The summed E-state index contributed by atoms with van der Waals surface area (Å²) < 4.78 is 13.2. The van der Waals surface area contributed by atoms with Gasteiger partial charge in [-0.1, -0.05) is 24.3 Å². The first-order valence-electron chi connectivity index (χ1n) is 6.31. The average Bonchev–Trinajstić information content (AvgIpc) is 2.46. The summed E-state index contributed by atoms with van der Waals surface area (Å²) in [5.41, 5.74) is 2.47. The van der Waals surface area contributed by atoms with Crippen molar-refractivity contribution in [2.75, 3.05) is 5.32 Å². The predicted molar refractivity (Wildman–Crippen MR) is 75.5 cm³/mol. The number of nitriles is 1. The Morgan fingerprint density at radius 1 is 1.30 bits per heavy atom. The number of hydrogen-bond donors (Lipinski definition) is 2. The van der Waals surface area contributed by atoms with Crippen LogP contribution in [0.3, 0.4) is 0 Å². The lowest BCUT2D eigenvalue weighted by Crippen LogP contribution is -2.04. The van der Waals surface area contributed by atoms with Crippen molar-refractivity contribution >= 4 is 5.69 Å². The number of hydrogen-bond acceptors (Lipinski definition) is 3. The standard InChI is InChI=1S/C16H15FN2O/c1-11(20)14-4-2-3-5-16(14)19-10-12-6-7-15(17)13(8-12)9-18/h2-8,11,19-20H,10H2,1H3. The lowest BCUT2D eigenvalue weighted by atomic mass is 10.1. The molecule has 2 aromatic rings. The minimum absolute atomic E-state index is 0.0353. The quantitative estimate of drug-likeness (QED) is 0.895. The second-order valence-electron chi connectivity index (χ2n) is 4.54. The summed E-state index contributed by atoms with van der Waals surface area (Å²) >= 11 is 0. The van der Waals surface area contributed by atoms with Crippen molar-refractivity contribution in [1.29, 1.82) is 5.26 Å². The van der Waals surface area contributed by atoms with Gasteiger partial charge in [-0.25, -0.2) is 4.39 Å². The van der Waals surface area contributed by atoms with Crippen molar-refractivity contribution in [3.8, 4) is 6.07 Å². The Labute approximate surface area is 117 Å². The summed E-state index contributed by atoms with van der Waals surface area (Å²) in [6.07, 6.45) is -0.568. The van der Waals surface area contributed by atoms with Crippen LogP contribution in [0.1, 0.15) is 29.7 Å². The number of aliphatic hydroxyl groups is 1. The lowest BCUT2D eigenvalue weighted by molar-refractivity contribution is 0.200. The summed E-state index contributed by atoms with van der Waals surface area (Å²) in [6.45, 7) is 2.16. The van der Waals surface area contributed by atoms with Gasteiger partial charge in [0.25, 0.3) is 0 Å². The summed E-state index contributed by atoms with van der Waals surface area (Å²) in [4.78, 5) is 0. The lowest BCUT2D eigenvalue weighted by Gasteiger charge is -2.14. The van der Waals surface area contributed by atoms with Crippen LogP contribution < -0.4 is 5.32 Å². The van der Waals surface area contributed by atoms with Crippen LogP contribution in [0.25, 0.3) is 0 Å². The van der Waals surface area contributed by atoms with Crippen LogP contribution in [-0.4, -0.2) is 5.11 Å². The molecular weight excluding hydrogens is 255 g/mol. The largest absolute Gasteiger partial charge is 0.389 e. The van der Waals surface area contributed by atoms with Crippen LogP contribution >= 0.6 is 0 Å². The number of para-hydroxylation sites is 1. The van der Waals surface area contributed by atoms with E-state index in [1.807, 2.05) is 30.3 Å². The highest BCUT2D eigenvalue weighted by atomic mass is 19.1. The number of aliphatic hydroxyl groups excluding tert-OH is 1. The molecule has 4 heteroatoms. The van der Waals surface area contributed by atoms with Gasteiger partial charge in [0.1, 0.15) is 11.9 Å². The van der Waals surface area contributed by atoms with Crippen molar-refractivity contribution < 1.29 is 9.50 Å². The van der Waals surface area contributed by atoms with Crippen LogP contribution in [0.2, 0.25) is 0 Å².